The molecule has 31 heavy (non-hydrogen) atoms. The zero-order valence-electron chi connectivity index (χ0n) is 19.8. The predicted octanol–water partition coefficient (Wildman–Crippen LogP) is 6.74. The third-order valence-corrected chi connectivity index (χ3v) is 10.5. The Morgan fingerprint density at radius 2 is 1.61 bits per heavy atom. The van der Waals surface area contributed by atoms with Crippen LogP contribution in [-0.4, -0.2) is 27.6 Å². The fraction of sp³-hybridized carbons (Fsp3) is 1.00. The molecule has 5 heteroatoms. The van der Waals surface area contributed by atoms with Gasteiger partial charge in [0.05, 0.1) is 5.60 Å². The van der Waals surface area contributed by atoms with Gasteiger partial charge in [0, 0.05) is 0 Å². The number of halogens is 3. The summed E-state index contributed by atoms with van der Waals surface area (Å²) in [5.74, 6) is 3.62. The van der Waals surface area contributed by atoms with Gasteiger partial charge in [0.2, 0.25) is 0 Å². The summed E-state index contributed by atoms with van der Waals surface area (Å²) in [6, 6.07) is 0. The highest BCUT2D eigenvalue weighted by molar-refractivity contribution is 5.08. The van der Waals surface area contributed by atoms with Crippen molar-refractivity contribution in [1.29, 1.82) is 0 Å². The Kier molecular flexibility index (Phi) is 6.07. The Morgan fingerprint density at radius 1 is 0.935 bits per heavy atom. The average Bonchev–Trinajstić information content (AvgIpc) is 3.01. The lowest BCUT2D eigenvalue weighted by Crippen LogP contribution is -2.55. The molecule has 4 rings (SSSR count). The molecule has 0 aliphatic heterocycles. The van der Waals surface area contributed by atoms with Gasteiger partial charge in [-0.15, -0.1) is 0 Å². The number of hydrogen-bond donors (Lipinski definition) is 2. The van der Waals surface area contributed by atoms with Crippen molar-refractivity contribution in [3.8, 4) is 0 Å². The molecule has 0 spiro atoms. The predicted molar refractivity (Wildman–Crippen MR) is 116 cm³/mol. The van der Waals surface area contributed by atoms with Gasteiger partial charge < -0.3 is 10.2 Å². The third kappa shape index (κ3) is 4.20. The quantitative estimate of drug-likeness (QED) is 0.504. The number of fused-ring (bicyclic) bond motifs is 5. The number of alkyl halides is 3. The lowest BCUT2D eigenvalue weighted by atomic mass is 9.48. The van der Waals surface area contributed by atoms with E-state index in [1.165, 1.54) is 19.3 Å². The molecule has 0 heterocycles. The van der Waals surface area contributed by atoms with Crippen LogP contribution in [0.4, 0.5) is 13.2 Å². The zero-order chi connectivity index (χ0) is 22.8. The molecule has 9 atom stereocenters. The minimum Gasteiger partial charge on any atom is -0.390 e. The van der Waals surface area contributed by atoms with Gasteiger partial charge in [-0.3, -0.25) is 0 Å². The highest BCUT2D eigenvalue weighted by atomic mass is 19.4. The van der Waals surface area contributed by atoms with Crippen molar-refractivity contribution in [1.82, 2.24) is 0 Å². The molecular formula is C26H43F3O2. The molecule has 0 aromatic heterocycles. The molecule has 180 valence electrons. The molecule has 0 aromatic rings. The van der Waals surface area contributed by atoms with Gasteiger partial charge in [0.1, 0.15) is 0 Å². The van der Waals surface area contributed by atoms with Gasteiger partial charge in [0.25, 0.3) is 0 Å². The summed E-state index contributed by atoms with van der Waals surface area (Å²) in [5, 5.41) is 20.5. The molecule has 0 radical (unpaired) electrons. The van der Waals surface area contributed by atoms with Crippen molar-refractivity contribution >= 4 is 0 Å². The SMILES string of the molecule is C[C@H](CCC(C)(C)O)[C@H]1CC[C@H]2[C@@H]3CC[C@H]4C[C@](O)(C(F)(F)F)CC[C@@H]4[C@H]3CC[C@]12C. The number of rotatable bonds is 4. The van der Waals surface area contributed by atoms with Crippen LogP contribution in [0, 0.1) is 46.8 Å². The summed E-state index contributed by atoms with van der Waals surface area (Å²) >= 11 is 0. The highest BCUT2D eigenvalue weighted by Crippen LogP contribution is 2.66. The summed E-state index contributed by atoms with van der Waals surface area (Å²) in [4.78, 5) is 0. The zero-order valence-corrected chi connectivity index (χ0v) is 19.8. The van der Waals surface area contributed by atoms with E-state index in [9.17, 15) is 23.4 Å². The first-order valence-corrected chi connectivity index (χ1v) is 12.8. The fourth-order valence-electron chi connectivity index (χ4n) is 8.89. The van der Waals surface area contributed by atoms with Gasteiger partial charge in [0.15, 0.2) is 5.60 Å². The topological polar surface area (TPSA) is 40.5 Å². The molecule has 4 fully saturated rings. The summed E-state index contributed by atoms with van der Waals surface area (Å²) in [7, 11) is 0. The van der Waals surface area contributed by atoms with Crippen LogP contribution in [0.1, 0.15) is 98.3 Å². The molecule has 0 aromatic carbocycles. The lowest BCUT2D eigenvalue weighted by molar-refractivity contribution is -0.282. The second kappa shape index (κ2) is 7.89. The Morgan fingerprint density at radius 3 is 2.26 bits per heavy atom. The van der Waals surface area contributed by atoms with E-state index in [1.807, 2.05) is 13.8 Å². The van der Waals surface area contributed by atoms with Crippen LogP contribution in [0.2, 0.25) is 0 Å². The Bertz CT molecular complexity index is 656. The summed E-state index contributed by atoms with van der Waals surface area (Å²) in [6.45, 7) is 8.66. The van der Waals surface area contributed by atoms with E-state index in [2.05, 4.69) is 13.8 Å². The lowest BCUT2D eigenvalue weighted by Gasteiger charge is -2.57. The molecule has 0 amide bonds. The van der Waals surface area contributed by atoms with E-state index in [0.29, 0.717) is 47.3 Å². The molecule has 2 N–H and O–H groups in total. The van der Waals surface area contributed by atoms with Gasteiger partial charge in [-0.25, -0.2) is 0 Å². The third-order valence-electron chi connectivity index (χ3n) is 10.5. The van der Waals surface area contributed by atoms with Gasteiger partial charge in [-0.1, -0.05) is 13.8 Å². The first-order chi connectivity index (χ1) is 14.3. The molecular weight excluding hydrogens is 401 g/mol. The molecule has 4 aliphatic rings. The van der Waals surface area contributed by atoms with Crippen LogP contribution in [0.3, 0.4) is 0 Å². The smallest absolute Gasteiger partial charge is 0.390 e. The monoisotopic (exact) mass is 444 g/mol. The van der Waals surface area contributed by atoms with Crippen LogP contribution >= 0.6 is 0 Å². The van der Waals surface area contributed by atoms with Crippen LogP contribution in [0.15, 0.2) is 0 Å². The van der Waals surface area contributed by atoms with Crippen molar-refractivity contribution in [3.63, 3.8) is 0 Å². The van der Waals surface area contributed by atoms with Crippen molar-refractivity contribution in [2.75, 3.05) is 0 Å². The number of hydrogen-bond acceptors (Lipinski definition) is 2. The first-order valence-electron chi connectivity index (χ1n) is 12.8. The molecule has 4 saturated carbocycles. The van der Waals surface area contributed by atoms with E-state index in [-0.39, 0.29) is 18.8 Å². The summed E-state index contributed by atoms with van der Waals surface area (Å²) in [5.41, 5.74) is -2.73. The minimum absolute atomic E-state index is 0.0360. The fourth-order valence-corrected chi connectivity index (χ4v) is 8.89. The van der Waals surface area contributed by atoms with E-state index in [4.69, 9.17) is 0 Å². The standard InChI is InChI=1S/C26H43F3O2/c1-16(9-12-23(2,3)30)21-7-8-22-20-6-5-17-15-25(31,26(27,28)29)14-11-18(17)19(20)10-13-24(21,22)4/h16-22,30-31H,5-15H2,1-4H3/t16-,17+,18+,19-,20-,21-,22+,24-,25+/m1/s1. The maximum Gasteiger partial charge on any atom is 0.417 e. The summed E-state index contributed by atoms with van der Waals surface area (Å²) in [6.07, 6.45) is 4.52. The maximum atomic E-state index is 13.4. The van der Waals surface area contributed by atoms with Crippen molar-refractivity contribution in [2.45, 2.75) is 116 Å². The Balaban J connectivity index is 1.45. The van der Waals surface area contributed by atoms with Crippen molar-refractivity contribution in [2.24, 2.45) is 46.8 Å². The van der Waals surface area contributed by atoms with Crippen LogP contribution in [0.25, 0.3) is 0 Å². The average molecular weight is 445 g/mol. The van der Waals surface area contributed by atoms with Gasteiger partial charge in [-0.2, -0.15) is 13.2 Å². The minimum atomic E-state index is -4.50. The largest absolute Gasteiger partial charge is 0.417 e. The maximum absolute atomic E-state index is 13.4. The van der Waals surface area contributed by atoms with Crippen LogP contribution < -0.4 is 0 Å². The van der Waals surface area contributed by atoms with Crippen molar-refractivity contribution < 1.29 is 23.4 Å². The molecule has 0 saturated heterocycles. The Labute approximate surface area is 186 Å². The normalized spacial score (nSPS) is 46.7. The molecule has 0 bridgehead atoms. The van der Waals surface area contributed by atoms with Gasteiger partial charge in [-0.05, 0) is 131 Å². The van der Waals surface area contributed by atoms with Crippen LogP contribution in [-0.2, 0) is 0 Å². The van der Waals surface area contributed by atoms with Gasteiger partial charge >= 0.3 is 6.18 Å². The Hall–Kier alpha value is -0.290. The van der Waals surface area contributed by atoms with E-state index >= 15 is 0 Å². The summed E-state index contributed by atoms with van der Waals surface area (Å²) < 4.78 is 40.3. The van der Waals surface area contributed by atoms with E-state index < -0.39 is 17.4 Å². The highest BCUT2D eigenvalue weighted by Gasteiger charge is 2.62. The molecule has 2 nitrogen and oxygen atoms in total. The first kappa shape index (κ1) is 23.9. The second-order valence-electron chi connectivity index (χ2n) is 12.8. The van der Waals surface area contributed by atoms with E-state index in [0.717, 1.165) is 32.1 Å². The molecule has 4 aliphatic carbocycles. The van der Waals surface area contributed by atoms with Crippen molar-refractivity contribution in [3.05, 3.63) is 0 Å². The second-order valence-corrected chi connectivity index (χ2v) is 12.8. The van der Waals surface area contributed by atoms with Crippen LogP contribution in [0.5, 0.6) is 0 Å². The molecule has 0 unspecified atom stereocenters. The number of aliphatic hydroxyl groups is 2. The van der Waals surface area contributed by atoms with E-state index in [1.54, 1.807) is 0 Å².